The lowest BCUT2D eigenvalue weighted by Crippen LogP contribution is -2.23. The Hall–Kier alpha value is -1.67. The summed E-state index contributed by atoms with van der Waals surface area (Å²) in [6.45, 7) is 3.54. The molecule has 3 rings (SSSR count). The third-order valence-electron chi connectivity index (χ3n) is 3.88. The maximum atomic E-state index is 9.33. The molecule has 0 spiro atoms. The number of fused-ring (bicyclic) bond motifs is 1. The predicted octanol–water partition coefficient (Wildman–Crippen LogP) is 3.66. The molecule has 0 amide bonds. The second-order valence-electron chi connectivity index (χ2n) is 6.07. The molecule has 1 heterocycles. The topological polar surface area (TPSA) is 69.2 Å². The van der Waals surface area contributed by atoms with Crippen LogP contribution in [0.1, 0.15) is 18.1 Å². The first-order chi connectivity index (χ1) is 12.6. The molecule has 0 bridgehead atoms. The van der Waals surface area contributed by atoms with Crippen molar-refractivity contribution in [2.24, 2.45) is 0 Å². The molecule has 148 valence electrons. The fraction of sp³-hybridized carbons (Fsp3) is 0.368. The average Bonchev–Trinajstić information content (AvgIpc) is 3.07. The van der Waals surface area contributed by atoms with Crippen LogP contribution in [0, 0.1) is 0 Å². The van der Waals surface area contributed by atoms with Gasteiger partial charge in [0, 0.05) is 13.1 Å². The van der Waals surface area contributed by atoms with Crippen LogP contribution in [-0.4, -0.2) is 31.7 Å². The number of aliphatic hydroxyl groups excluding tert-OH is 1. The van der Waals surface area contributed by atoms with Crippen molar-refractivity contribution in [1.82, 2.24) is 5.32 Å². The van der Waals surface area contributed by atoms with Crippen LogP contribution >= 0.6 is 28.3 Å². The van der Waals surface area contributed by atoms with E-state index in [9.17, 15) is 5.11 Å². The van der Waals surface area contributed by atoms with Crippen LogP contribution in [-0.2, 0) is 13.2 Å². The van der Waals surface area contributed by atoms with Gasteiger partial charge in [0.1, 0.15) is 6.61 Å². The van der Waals surface area contributed by atoms with E-state index in [1.54, 1.807) is 14.0 Å². The van der Waals surface area contributed by atoms with Crippen molar-refractivity contribution < 1.29 is 24.1 Å². The molecule has 2 N–H and O–H groups in total. The lowest BCUT2D eigenvalue weighted by Gasteiger charge is -2.15. The van der Waals surface area contributed by atoms with Crippen molar-refractivity contribution in [2.45, 2.75) is 26.2 Å². The third-order valence-corrected chi connectivity index (χ3v) is 4.47. The van der Waals surface area contributed by atoms with Crippen molar-refractivity contribution in [3.63, 3.8) is 0 Å². The maximum absolute atomic E-state index is 9.33. The number of nitrogens with one attached hydrogen (secondary N) is 1. The highest BCUT2D eigenvalue weighted by Crippen LogP contribution is 2.38. The number of methoxy groups -OCH3 is 1. The van der Waals surface area contributed by atoms with E-state index in [1.165, 1.54) is 0 Å². The molecule has 1 unspecified atom stereocenters. The minimum absolute atomic E-state index is 0. The fourth-order valence-corrected chi connectivity index (χ4v) is 3.23. The Morgan fingerprint density at radius 3 is 2.70 bits per heavy atom. The number of aliphatic hydroxyl groups is 1. The van der Waals surface area contributed by atoms with Crippen LogP contribution in [0.15, 0.2) is 34.8 Å². The van der Waals surface area contributed by atoms with Crippen molar-refractivity contribution in [1.29, 1.82) is 0 Å². The van der Waals surface area contributed by atoms with Crippen LogP contribution in [0.5, 0.6) is 23.0 Å². The summed E-state index contributed by atoms with van der Waals surface area (Å²) in [5.41, 5.74) is 2.01. The molecule has 8 heteroatoms. The van der Waals surface area contributed by atoms with E-state index in [4.69, 9.17) is 18.9 Å². The van der Waals surface area contributed by atoms with Crippen LogP contribution in [0.2, 0.25) is 0 Å². The van der Waals surface area contributed by atoms with E-state index < -0.39 is 0 Å². The molecule has 0 aliphatic carbocycles. The van der Waals surface area contributed by atoms with E-state index >= 15 is 0 Å². The Kier molecular flexibility index (Phi) is 8.04. The van der Waals surface area contributed by atoms with Gasteiger partial charge in [0.15, 0.2) is 23.0 Å². The molecular weight excluding hydrogens is 438 g/mol. The lowest BCUT2D eigenvalue weighted by molar-refractivity contribution is 0.174. The van der Waals surface area contributed by atoms with Crippen molar-refractivity contribution >= 4 is 28.3 Å². The van der Waals surface area contributed by atoms with E-state index in [1.807, 2.05) is 30.3 Å². The summed E-state index contributed by atoms with van der Waals surface area (Å²) >= 11 is 3.56. The highest BCUT2D eigenvalue weighted by Gasteiger charge is 2.15. The van der Waals surface area contributed by atoms with Crippen molar-refractivity contribution in [2.75, 3.05) is 20.4 Å². The Balaban J connectivity index is 0.00000261. The summed E-state index contributed by atoms with van der Waals surface area (Å²) in [4.78, 5) is 0. The standard InChI is InChI=1S/C19H22BrNO5.ClH/c1-12(22)8-21-9-14-5-15(20)19(18(7-14)23-2)24-10-13-3-4-16-17(6-13)26-11-25-16;/h3-7,12,21-22H,8-11H2,1-2H3;1H. The molecule has 1 aliphatic heterocycles. The zero-order chi connectivity index (χ0) is 18.5. The first kappa shape index (κ1) is 21.6. The largest absolute Gasteiger partial charge is 0.493 e. The molecule has 0 fully saturated rings. The first-order valence-corrected chi connectivity index (χ1v) is 9.12. The van der Waals surface area contributed by atoms with Gasteiger partial charge in [0.2, 0.25) is 6.79 Å². The molecule has 6 nitrogen and oxygen atoms in total. The highest BCUT2D eigenvalue weighted by molar-refractivity contribution is 9.10. The molecule has 1 aliphatic rings. The first-order valence-electron chi connectivity index (χ1n) is 8.33. The zero-order valence-electron chi connectivity index (χ0n) is 15.2. The van der Waals surface area contributed by atoms with Gasteiger partial charge in [-0.2, -0.15) is 0 Å². The molecule has 0 radical (unpaired) electrons. The van der Waals surface area contributed by atoms with Gasteiger partial charge in [0.05, 0.1) is 17.7 Å². The molecule has 0 saturated carbocycles. The number of ether oxygens (including phenoxy) is 4. The number of rotatable bonds is 8. The molecule has 2 aromatic carbocycles. The predicted molar refractivity (Wildman–Crippen MR) is 108 cm³/mol. The lowest BCUT2D eigenvalue weighted by atomic mass is 10.2. The van der Waals surface area contributed by atoms with E-state index in [2.05, 4.69) is 21.2 Å². The second-order valence-corrected chi connectivity index (χ2v) is 6.92. The quantitative estimate of drug-likeness (QED) is 0.627. The molecular formula is C19H23BrClNO5. The van der Waals surface area contributed by atoms with Crippen LogP contribution in [0.3, 0.4) is 0 Å². The van der Waals surface area contributed by atoms with E-state index in [-0.39, 0.29) is 25.3 Å². The van der Waals surface area contributed by atoms with Gasteiger partial charge >= 0.3 is 0 Å². The third kappa shape index (κ3) is 5.65. The minimum Gasteiger partial charge on any atom is -0.493 e. The van der Waals surface area contributed by atoms with Crippen LogP contribution in [0.25, 0.3) is 0 Å². The van der Waals surface area contributed by atoms with Crippen LogP contribution in [0.4, 0.5) is 0 Å². The molecule has 0 saturated heterocycles. The summed E-state index contributed by atoms with van der Waals surface area (Å²) in [5.74, 6) is 2.77. The van der Waals surface area contributed by atoms with Gasteiger partial charge in [-0.25, -0.2) is 0 Å². The molecule has 2 aromatic rings. The van der Waals surface area contributed by atoms with Gasteiger partial charge < -0.3 is 29.4 Å². The summed E-state index contributed by atoms with van der Waals surface area (Å²) in [6, 6.07) is 9.64. The Morgan fingerprint density at radius 1 is 1.19 bits per heavy atom. The Labute approximate surface area is 173 Å². The van der Waals surface area contributed by atoms with Crippen molar-refractivity contribution in [3.05, 3.63) is 45.9 Å². The smallest absolute Gasteiger partial charge is 0.231 e. The minimum atomic E-state index is -0.385. The van der Waals surface area contributed by atoms with Gasteiger partial charge in [-0.3, -0.25) is 0 Å². The van der Waals surface area contributed by atoms with Gasteiger partial charge in [0.25, 0.3) is 0 Å². The summed E-state index contributed by atoms with van der Waals surface area (Å²) in [7, 11) is 1.61. The number of hydrogen-bond donors (Lipinski definition) is 2. The van der Waals surface area contributed by atoms with Gasteiger partial charge in [-0.1, -0.05) is 6.07 Å². The fourth-order valence-electron chi connectivity index (χ4n) is 2.63. The SMILES string of the molecule is COc1cc(CNCC(C)O)cc(Br)c1OCc1ccc2c(c1)OCO2.Cl. The number of hydrogen-bond acceptors (Lipinski definition) is 6. The molecule has 0 aromatic heterocycles. The zero-order valence-corrected chi connectivity index (χ0v) is 17.6. The summed E-state index contributed by atoms with van der Waals surface area (Å²) in [6.07, 6.45) is -0.385. The maximum Gasteiger partial charge on any atom is 0.231 e. The average molecular weight is 461 g/mol. The summed E-state index contributed by atoms with van der Waals surface area (Å²) in [5, 5.41) is 12.5. The second kappa shape index (κ2) is 10.0. The summed E-state index contributed by atoms with van der Waals surface area (Å²) < 4.78 is 23.0. The van der Waals surface area contributed by atoms with Crippen LogP contribution < -0.4 is 24.3 Å². The Bertz CT molecular complexity index is 772. The number of benzene rings is 2. The van der Waals surface area contributed by atoms with Gasteiger partial charge in [-0.05, 0) is 58.2 Å². The van der Waals surface area contributed by atoms with Gasteiger partial charge in [-0.15, -0.1) is 12.4 Å². The number of halogens is 2. The normalized spacial score (nSPS) is 13.0. The monoisotopic (exact) mass is 459 g/mol. The van der Waals surface area contributed by atoms with Crippen molar-refractivity contribution in [3.8, 4) is 23.0 Å². The molecule has 27 heavy (non-hydrogen) atoms. The van der Waals surface area contributed by atoms with E-state index in [0.717, 1.165) is 27.1 Å². The highest BCUT2D eigenvalue weighted by atomic mass is 79.9. The Morgan fingerprint density at radius 2 is 1.96 bits per heavy atom. The molecule has 1 atom stereocenters. The van der Waals surface area contributed by atoms with E-state index in [0.29, 0.717) is 31.2 Å².